The van der Waals surface area contributed by atoms with Gasteiger partial charge in [-0.15, -0.1) is 0 Å². The minimum atomic E-state index is -0.667. The van der Waals surface area contributed by atoms with E-state index in [0.29, 0.717) is 42.7 Å². The summed E-state index contributed by atoms with van der Waals surface area (Å²) in [5, 5.41) is 1.40. The summed E-state index contributed by atoms with van der Waals surface area (Å²) in [4.78, 5) is 33.6. The molecular weight excluding hydrogens is 476 g/mol. The van der Waals surface area contributed by atoms with Crippen molar-refractivity contribution in [1.82, 2.24) is 19.4 Å². The summed E-state index contributed by atoms with van der Waals surface area (Å²) in [6.45, 7) is 2.10. The van der Waals surface area contributed by atoms with Crippen LogP contribution in [0.15, 0.2) is 66.1 Å². The van der Waals surface area contributed by atoms with E-state index in [-0.39, 0.29) is 24.2 Å². The van der Waals surface area contributed by atoms with Crippen LogP contribution >= 0.6 is 23.4 Å². The zero-order chi connectivity index (χ0) is 23.5. The first-order chi connectivity index (χ1) is 16.6. The number of rotatable bonds is 5. The predicted molar refractivity (Wildman–Crippen MR) is 129 cm³/mol. The van der Waals surface area contributed by atoms with Gasteiger partial charge in [-0.3, -0.25) is 14.2 Å². The molecule has 2 aromatic carbocycles. The molecule has 5 rings (SSSR count). The number of hydrogen-bond acceptors (Lipinski definition) is 6. The molecule has 10 heteroatoms. The lowest BCUT2D eigenvalue weighted by molar-refractivity contribution is -0.145. The Labute approximate surface area is 206 Å². The van der Waals surface area contributed by atoms with Crippen molar-refractivity contribution in [2.75, 3.05) is 38.5 Å². The summed E-state index contributed by atoms with van der Waals surface area (Å²) in [6, 6.07) is 14.8. The van der Waals surface area contributed by atoms with E-state index in [2.05, 4.69) is 4.98 Å². The lowest BCUT2D eigenvalue weighted by Crippen LogP contribution is -2.55. The van der Waals surface area contributed by atoms with Crippen molar-refractivity contribution >= 4 is 35.2 Å². The van der Waals surface area contributed by atoms with Crippen molar-refractivity contribution < 1.29 is 19.1 Å². The highest BCUT2D eigenvalue weighted by molar-refractivity contribution is 7.99. The average Bonchev–Trinajstić information content (AvgIpc) is 3.36. The largest absolute Gasteiger partial charge is 0.485 e. The topological polar surface area (TPSA) is 76.9 Å². The van der Waals surface area contributed by atoms with E-state index in [9.17, 15) is 9.59 Å². The Hall–Kier alpha value is -3.17. The van der Waals surface area contributed by atoms with E-state index >= 15 is 0 Å². The van der Waals surface area contributed by atoms with Gasteiger partial charge in [-0.2, -0.15) is 0 Å². The van der Waals surface area contributed by atoms with Crippen LogP contribution in [0.1, 0.15) is 0 Å². The minimum absolute atomic E-state index is 0.0222. The Morgan fingerprint density at radius 2 is 1.71 bits per heavy atom. The molecule has 3 heterocycles. The fourth-order valence-corrected chi connectivity index (χ4v) is 4.94. The van der Waals surface area contributed by atoms with Crippen LogP contribution < -0.4 is 9.47 Å². The van der Waals surface area contributed by atoms with Crippen LogP contribution in [-0.4, -0.2) is 75.8 Å². The second kappa shape index (κ2) is 9.99. The highest BCUT2D eigenvalue weighted by Crippen LogP contribution is 2.31. The number of carbonyl (C=O) groups excluding carboxylic acids is 2. The van der Waals surface area contributed by atoms with E-state index in [1.807, 2.05) is 53.2 Å². The maximum absolute atomic E-state index is 12.9. The zero-order valence-corrected chi connectivity index (χ0v) is 19.9. The van der Waals surface area contributed by atoms with Gasteiger partial charge in [0.15, 0.2) is 16.7 Å². The Balaban J connectivity index is 1.12. The molecule has 1 fully saturated rings. The van der Waals surface area contributed by atoms with Gasteiger partial charge >= 0.3 is 0 Å². The lowest BCUT2D eigenvalue weighted by Gasteiger charge is -2.37. The summed E-state index contributed by atoms with van der Waals surface area (Å²) >= 11 is 7.37. The van der Waals surface area contributed by atoms with E-state index in [1.165, 1.54) is 11.8 Å². The van der Waals surface area contributed by atoms with Gasteiger partial charge < -0.3 is 19.3 Å². The molecule has 1 aromatic heterocycles. The third-order valence-electron chi connectivity index (χ3n) is 5.76. The number of amides is 2. The summed E-state index contributed by atoms with van der Waals surface area (Å²) in [5.74, 6) is 1.41. The first-order valence-corrected chi connectivity index (χ1v) is 12.3. The quantitative estimate of drug-likeness (QED) is 0.503. The summed E-state index contributed by atoms with van der Waals surface area (Å²) in [7, 11) is 0. The van der Waals surface area contributed by atoms with Crippen LogP contribution in [-0.2, 0) is 9.59 Å². The minimum Gasteiger partial charge on any atom is -0.485 e. The molecule has 1 atom stereocenters. The molecule has 2 amide bonds. The number of benzene rings is 2. The maximum atomic E-state index is 12.9. The molecule has 0 saturated carbocycles. The lowest BCUT2D eigenvalue weighted by atomic mass is 10.2. The molecule has 176 valence electrons. The van der Waals surface area contributed by atoms with Crippen molar-refractivity contribution in [3.8, 4) is 17.2 Å². The molecule has 0 N–H and O–H groups in total. The number of hydrogen-bond donors (Lipinski definition) is 0. The standard InChI is InChI=1S/C24H23ClN4O4S/c25-17-5-7-18(8-6-17)29-10-9-26-24(29)34-16-22(30)27-11-13-28(14-12-27)23(31)21-15-32-19-3-1-2-4-20(19)33-21/h1-10,21H,11-16H2/t21-/m1/s1. The monoisotopic (exact) mass is 498 g/mol. The number of imidazole rings is 1. The van der Waals surface area contributed by atoms with Crippen LogP contribution in [0, 0.1) is 0 Å². The molecule has 0 bridgehead atoms. The van der Waals surface area contributed by atoms with E-state index in [0.717, 1.165) is 10.8 Å². The van der Waals surface area contributed by atoms with Crippen molar-refractivity contribution in [3.63, 3.8) is 0 Å². The van der Waals surface area contributed by atoms with E-state index in [4.69, 9.17) is 21.1 Å². The van der Waals surface area contributed by atoms with Gasteiger partial charge in [0.05, 0.1) is 5.75 Å². The third-order valence-corrected chi connectivity index (χ3v) is 6.97. The Kier molecular flexibility index (Phi) is 6.64. The summed E-state index contributed by atoms with van der Waals surface area (Å²) in [5.41, 5.74) is 0.931. The van der Waals surface area contributed by atoms with Gasteiger partial charge in [-0.1, -0.05) is 35.5 Å². The zero-order valence-electron chi connectivity index (χ0n) is 18.3. The molecule has 1 saturated heterocycles. The number of piperazine rings is 1. The summed E-state index contributed by atoms with van der Waals surface area (Å²) in [6.07, 6.45) is 2.90. The Morgan fingerprint density at radius 1 is 1.00 bits per heavy atom. The SMILES string of the molecule is O=C(CSc1nccn1-c1ccc(Cl)cc1)N1CCN(C(=O)[C@H]2COc3ccccc3O2)CC1. The van der Waals surface area contributed by atoms with Crippen LogP contribution in [0.4, 0.5) is 0 Å². The van der Waals surface area contributed by atoms with Crippen molar-refractivity contribution in [1.29, 1.82) is 0 Å². The van der Waals surface area contributed by atoms with Gasteiger partial charge in [0.1, 0.15) is 6.61 Å². The third kappa shape index (κ3) is 4.85. The molecular formula is C24H23ClN4O4S. The van der Waals surface area contributed by atoms with E-state index < -0.39 is 6.10 Å². The van der Waals surface area contributed by atoms with Crippen LogP contribution in [0.5, 0.6) is 11.5 Å². The summed E-state index contributed by atoms with van der Waals surface area (Å²) < 4.78 is 13.4. The first kappa shape index (κ1) is 22.6. The number of aromatic nitrogens is 2. The van der Waals surface area contributed by atoms with Crippen LogP contribution in [0.3, 0.4) is 0 Å². The number of fused-ring (bicyclic) bond motifs is 1. The molecule has 0 aliphatic carbocycles. The second-order valence-corrected chi connectivity index (χ2v) is 9.29. The molecule has 2 aliphatic rings. The van der Waals surface area contributed by atoms with Crippen LogP contribution in [0.2, 0.25) is 5.02 Å². The highest BCUT2D eigenvalue weighted by Gasteiger charge is 2.33. The van der Waals surface area contributed by atoms with Gasteiger partial charge in [-0.05, 0) is 36.4 Å². The average molecular weight is 499 g/mol. The molecule has 0 radical (unpaired) electrons. The number of halogens is 1. The molecule has 0 unspecified atom stereocenters. The highest BCUT2D eigenvalue weighted by atomic mass is 35.5. The fraction of sp³-hybridized carbons (Fsp3) is 0.292. The fourth-order valence-electron chi connectivity index (χ4n) is 3.93. The number of ether oxygens (including phenoxy) is 2. The van der Waals surface area contributed by atoms with Gasteiger partial charge in [0.2, 0.25) is 12.0 Å². The van der Waals surface area contributed by atoms with E-state index in [1.54, 1.807) is 22.1 Å². The molecule has 8 nitrogen and oxygen atoms in total. The van der Waals surface area contributed by atoms with Gasteiger partial charge in [0.25, 0.3) is 5.91 Å². The molecule has 2 aliphatic heterocycles. The van der Waals surface area contributed by atoms with Gasteiger partial charge in [0, 0.05) is 49.3 Å². The maximum Gasteiger partial charge on any atom is 0.267 e. The van der Waals surface area contributed by atoms with Crippen LogP contribution in [0.25, 0.3) is 5.69 Å². The smallest absolute Gasteiger partial charge is 0.267 e. The number of thioether (sulfide) groups is 1. The molecule has 3 aromatic rings. The second-order valence-electron chi connectivity index (χ2n) is 7.92. The number of para-hydroxylation sites is 2. The van der Waals surface area contributed by atoms with Crippen molar-refractivity contribution in [3.05, 3.63) is 65.9 Å². The number of nitrogens with zero attached hydrogens (tertiary/aromatic N) is 4. The van der Waals surface area contributed by atoms with Crippen molar-refractivity contribution in [2.45, 2.75) is 11.3 Å². The number of carbonyl (C=O) groups is 2. The normalized spacial score (nSPS) is 17.5. The Morgan fingerprint density at radius 3 is 2.47 bits per heavy atom. The van der Waals surface area contributed by atoms with Gasteiger partial charge in [-0.25, -0.2) is 4.98 Å². The predicted octanol–water partition coefficient (Wildman–Crippen LogP) is 3.13. The van der Waals surface area contributed by atoms with Crippen molar-refractivity contribution in [2.24, 2.45) is 0 Å². The Bertz CT molecular complexity index is 1180. The molecule has 0 spiro atoms. The first-order valence-electron chi connectivity index (χ1n) is 11.0. The molecule has 34 heavy (non-hydrogen) atoms.